The summed E-state index contributed by atoms with van der Waals surface area (Å²) in [5, 5.41) is 0. The van der Waals surface area contributed by atoms with Crippen LogP contribution in [0.2, 0.25) is 0 Å². The Morgan fingerprint density at radius 1 is 1.07 bits per heavy atom. The summed E-state index contributed by atoms with van der Waals surface area (Å²) in [7, 11) is 0. The molecule has 4 bridgehead atoms. The largest absolute Gasteiger partial charge is 0.368 e. The van der Waals surface area contributed by atoms with Gasteiger partial charge in [-0.2, -0.15) is 0 Å². The molecular formula is C24H32FN3O2. The van der Waals surface area contributed by atoms with Gasteiger partial charge in [-0.3, -0.25) is 14.5 Å². The van der Waals surface area contributed by atoms with E-state index in [1.165, 1.54) is 31.4 Å². The quantitative estimate of drug-likeness (QED) is 0.779. The van der Waals surface area contributed by atoms with Crippen LogP contribution in [0.1, 0.15) is 56.9 Å². The van der Waals surface area contributed by atoms with Gasteiger partial charge in [-0.1, -0.05) is 12.1 Å². The third-order valence-corrected chi connectivity index (χ3v) is 8.16. The summed E-state index contributed by atoms with van der Waals surface area (Å²) >= 11 is 0. The Labute approximate surface area is 177 Å². The number of amides is 2. The fourth-order valence-corrected chi connectivity index (χ4v) is 7.28. The molecule has 4 aliphatic carbocycles. The summed E-state index contributed by atoms with van der Waals surface area (Å²) in [6, 6.07) is 6.19. The van der Waals surface area contributed by atoms with Crippen molar-refractivity contribution in [1.29, 1.82) is 0 Å². The van der Waals surface area contributed by atoms with Gasteiger partial charge in [0.15, 0.2) is 0 Å². The van der Waals surface area contributed by atoms with Crippen molar-refractivity contribution >= 4 is 11.8 Å². The highest BCUT2D eigenvalue weighted by Gasteiger charge is 2.54. The lowest BCUT2D eigenvalue weighted by molar-refractivity contribution is -0.154. The first-order valence-corrected chi connectivity index (χ1v) is 11.5. The lowest BCUT2D eigenvalue weighted by Gasteiger charge is -2.60. The standard InChI is InChI=1S/C24H32FN3O2/c25-20-5-3-16(4-6-20)14-28(22(29)15-27-7-1-2-21(27)23(26)30)24-11-17-8-18(12-24)10-19(9-17)13-24/h3-6,17-19,21H,1-2,7-15H2,(H2,26,30). The minimum absolute atomic E-state index is 0.0812. The second-order valence-electron chi connectivity index (χ2n) is 10.3. The van der Waals surface area contributed by atoms with E-state index >= 15 is 0 Å². The van der Waals surface area contributed by atoms with E-state index in [4.69, 9.17) is 5.73 Å². The zero-order valence-corrected chi connectivity index (χ0v) is 17.6. The van der Waals surface area contributed by atoms with Crippen molar-refractivity contribution in [3.63, 3.8) is 0 Å². The molecule has 1 aliphatic heterocycles. The molecule has 1 saturated heterocycles. The topological polar surface area (TPSA) is 66.6 Å². The van der Waals surface area contributed by atoms with Crippen LogP contribution in [-0.4, -0.2) is 46.3 Å². The van der Waals surface area contributed by atoms with Gasteiger partial charge < -0.3 is 10.6 Å². The first-order valence-electron chi connectivity index (χ1n) is 11.5. The molecule has 5 nitrogen and oxygen atoms in total. The van der Waals surface area contributed by atoms with Gasteiger partial charge in [0, 0.05) is 12.1 Å². The van der Waals surface area contributed by atoms with E-state index in [9.17, 15) is 14.0 Å². The molecule has 162 valence electrons. The van der Waals surface area contributed by atoms with Gasteiger partial charge in [0.25, 0.3) is 0 Å². The van der Waals surface area contributed by atoms with Crippen LogP contribution >= 0.6 is 0 Å². The molecule has 0 radical (unpaired) electrons. The summed E-state index contributed by atoms with van der Waals surface area (Å²) in [6.45, 7) is 1.50. The number of nitrogens with two attached hydrogens (primary N) is 1. The van der Waals surface area contributed by atoms with Crippen LogP contribution < -0.4 is 5.73 Å². The Morgan fingerprint density at radius 3 is 2.23 bits per heavy atom. The third-order valence-electron chi connectivity index (χ3n) is 8.16. The number of carbonyl (C=O) groups is 2. The second-order valence-corrected chi connectivity index (χ2v) is 10.3. The van der Waals surface area contributed by atoms with E-state index in [1.54, 1.807) is 12.1 Å². The molecule has 1 atom stereocenters. The lowest BCUT2D eigenvalue weighted by Crippen LogP contribution is -2.62. The number of hydrogen-bond acceptors (Lipinski definition) is 3. The average molecular weight is 414 g/mol. The van der Waals surface area contributed by atoms with Crippen LogP contribution in [0.4, 0.5) is 4.39 Å². The monoisotopic (exact) mass is 413 g/mol. The fourth-order valence-electron chi connectivity index (χ4n) is 7.28. The number of hydrogen-bond donors (Lipinski definition) is 1. The molecule has 2 amide bonds. The molecule has 6 rings (SSSR count). The molecule has 2 N–H and O–H groups in total. The molecule has 1 unspecified atom stereocenters. The van der Waals surface area contributed by atoms with Crippen LogP contribution in [-0.2, 0) is 16.1 Å². The summed E-state index contributed by atoms with van der Waals surface area (Å²) < 4.78 is 13.5. The van der Waals surface area contributed by atoms with E-state index in [0.717, 1.165) is 62.0 Å². The predicted molar refractivity (Wildman–Crippen MR) is 112 cm³/mol. The Hall–Kier alpha value is -1.95. The molecule has 1 heterocycles. The summed E-state index contributed by atoms with van der Waals surface area (Å²) in [6.07, 6.45) is 8.84. The van der Waals surface area contributed by atoms with Gasteiger partial charge in [0.2, 0.25) is 11.8 Å². The Balaban J connectivity index is 1.42. The highest BCUT2D eigenvalue weighted by molar-refractivity contribution is 5.83. The fraction of sp³-hybridized carbons (Fsp3) is 0.667. The van der Waals surface area contributed by atoms with E-state index < -0.39 is 0 Å². The highest BCUT2D eigenvalue weighted by atomic mass is 19.1. The number of carbonyl (C=O) groups excluding carboxylic acids is 2. The van der Waals surface area contributed by atoms with Crippen LogP contribution in [0.15, 0.2) is 24.3 Å². The van der Waals surface area contributed by atoms with Crippen molar-refractivity contribution in [1.82, 2.24) is 9.80 Å². The van der Waals surface area contributed by atoms with Gasteiger partial charge in [-0.15, -0.1) is 0 Å². The first-order chi connectivity index (χ1) is 14.4. The average Bonchev–Trinajstić information content (AvgIpc) is 3.14. The summed E-state index contributed by atoms with van der Waals surface area (Å²) in [4.78, 5) is 29.6. The first kappa shape index (κ1) is 20.0. The van der Waals surface area contributed by atoms with E-state index in [1.807, 2.05) is 4.90 Å². The maximum absolute atomic E-state index is 13.7. The van der Waals surface area contributed by atoms with Gasteiger partial charge in [0.1, 0.15) is 5.82 Å². The molecule has 1 aromatic carbocycles. The third kappa shape index (κ3) is 3.64. The van der Waals surface area contributed by atoms with E-state index in [-0.39, 0.29) is 35.8 Å². The molecule has 4 saturated carbocycles. The maximum Gasteiger partial charge on any atom is 0.237 e. The Bertz CT molecular complexity index is 789. The van der Waals surface area contributed by atoms with Crippen LogP contribution in [0.3, 0.4) is 0 Å². The number of likely N-dealkylation sites (tertiary alicyclic amines) is 1. The number of primary amides is 1. The van der Waals surface area contributed by atoms with Crippen LogP contribution in [0.5, 0.6) is 0 Å². The molecule has 30 heavy (non-hydrogen) atoms. The highest BCUT2D eigenvalue weighted by Crippen LogP contribution is 2.58. The SMILES string of the molecule is NC(=O)C1CCCN1CC(=O)N(Cc1ccc(F)cc1)C12CC3CC(CC(C3)C1)C2. The zero-order valence-electron chi connectivity index (χ0n) is 17.6. The van der Waals surface area contributed by atoms with Crippen molar-refractivity contribution in [3.8, 4) is 0 Å². The molecular weight excluding hydrogens is 381 g/mol. The van der Waals surface area contributed by atoms with Crippen LogP contribution in [0, 0.1) is 23.6 Å². The lowest BCUT2D eigenvalue weighted by atomic mass is 9.52. The smallest absolute Gasteiger partial charge is 0.237 e. The van der Waals surface area contributed by atoms with Crippen molar-refractivity contribution < 1.29 is 14.0 Å². The van der Waals surface area contributed by atoms with Crippen molar-refractivity contribution in [2.45, 2.75) is 69.5 Å². The minimum Gasteiger partial charge on any atom is -0.368 e. The number of halogens is 1. The minimum atomic E-state index is -0.335. The van der Waals surface area contributed by atoms with Crippen molar-refractivity contribution in [2.24, 2.45) is 23.5 Å². The molecule has 5 fully saturated rings. The number of benzene rings is 1. The van der Waals surface area contributed by atoms with Gasteiger partial charge in [-0.25, -0.2) is 4.39 Å². The summed E-state index contributed by atoms with van der Waals surface area (Å²) in [5.41, 5.74) is 6.47. The molecule has 0 aromatic heterocycles. The second kappa shape index (κ2) is 7.63. The van der Waals surface area contributed by atoms with Gasteiger partial charge in [0.05, 0.1) is 12.6 Å². The van der Waals surface area contributed by atoms with Crippen molar-refractivity contribution in [3.05, 3.63) is 35.6 Å². The predicted octanol–water partition coefficient (Wildman–Crippen LogP) is 3.07. The molecule has 5 aliphatic rings. The normalized spacial score (nSPS) is 35.0. The van der Waals surface area contributed by atoms with E-state index in [0.29, 0.717) is 6.54 Å². The van der Waals surface area contributed by atoms with Crippen molar-refractivity contribution in [2.75, 3.05) is 13.1 Å². The number of rotatable bonds is 6. The molecule has 1 aromatic rings. The van der Waals surface area contributed by atoms with Crippen LogP contribution in [0.25, 0.3) is 0 Å². The van der Waals surface area contributed by atoms with Gasteiger partial charge >= 0.3 is 0 Å². The maximum atomic E-state index is 13.7. The van der Waals surface area contributed by atoms with Gasteiger partial charge in [-0.05, 0) is 93.4 Å². The zero-order chi connectivity index (χ0) is 20.9. The Morgan fingerprint density at radius 2 is 1.67 bits per heavy atom. The summed E-state index contributed by atoms with van der Waals surface area (Å²) in [5.74, 6) is 1.68. The van der Waals surface area contributed by atoms with E-state index in [2.05, 4.69) is 4.90 Å². The Kier molecular flexibility index (Phi) is 5.08. The number of nitrogens with zero attached hydrogens (tertiary/aromatic N) is 2. The molecule has 6 heteroatoms. The molecule has 0 spiro atoms.